The average Bonchev–Trinajstić information content (AvgIpc) is 3.09. The molecule has 1 saturated heterocycles. The molecular weight excluding hydrogens is 427 g/mol. The van der Waals surface area contributed by atoms with Gasteiger partial charge in [-0.2, -0.15) is 0 Å². The van der Waals surface area contributed by atoms with Gasteiger partial charge in [-0.15, -0.1) is 24.0 Å². The van der Waals surface area contributed by atoms with Gasteiger partial charge in [0.25, 0.3) is 0 Å². The van der Waals surface area contributed by atoms with E-state index in [0.717, 1.165) is 37.8 Å². The summed E-state index contributed by atoms with van der Waals surface area (Å²) in [6, 6.07) is 10.6. The third kappa shape index (κ3) is 7.40. The molecule has 142 valence electrons. The third-order valence-corrected chi connectivity index (χ3v) is 4.63. The molecule has 1 heterocycles. The van der Waals surface area contributed by atoms with Crippen LogP contribution in [0.25, 0.3) is 0 Å². The van der Waals surface area contributed by atoms with Crippen molar-refractivity contribution in [3.63, 3.8) is 0 Å². The van der Waals surface area contributed by atoms with Gasteiger partial charge in [0.1, 0.15) is 11.9 Å². The van der Waals surface area contributed by atoms with Crippen LogP contribution in [0, 0.1) is 0 Å². The van der Waals surface area contributed by atoms with E-state index in [1.54, 1.807) is 0 Å². The second-order valence-electron chi connectivity index (χ2n) is 6.22. The molecule has 0 aromatic heterocycles. The molecule has 0 spiro atoms. The molecule has 2 atom stereocenters. The van der Waals surface area contributed by atoms with Gasteiger partial charge in [-0.1, -0.05) is 32.0 Å². The van der Waals surface area contributed by atoms with Gasteiger partial charge in [-0.05, 0) is 44.5 Å². The number of nitrogens with zero attached hydrogens (tertiary/aromatic N) is 2. The van der Waals surface area contributed by atoms with Gasteiger partial charge in [0.05, 0.1) is 6.54 Å². The molecule has 1 aromatic rings. The number of guanidine groups is 1. The van der Waals surface area contributed by atoms with Crippen molar-refractivity contribution in [2.45, 2.75) is 45.3 Å². The number of para-hydroxylation sites is 1. The Labute approximate surface area is 169 Å². The monoisotopic (exact) mass is 460 g/mol. The predicted molar refractivity (Wildman–Crippen MR) is 116 cm³/mol. The number of hydrogen-bond acceptors (Lipinski definition) is 3. The summed E-state index contributed by atoms with van der Waals surface area (Å²) < 4.78 is 6.02. The Morgan fingerprint density at radius 1 is 1.28 bits per heavy atom. The van der Waals surface area contributed by atoms with Gasteiger partial charge in [0.15, 0.2) is 5.96 Å². The van der Waals surface area contributed by atoms with Crippen LogP contribution in [-0.2, 0) is 0 Å². The predicted octanol–water partition coefficient (Wildman–Crippen LogP) is 3.11. The van der Waals surface area contributed by atoms with Gasteiger partial charge in [-0.25, -0.2) is 0 Å². The minimum Gasteiger partial charge on any atom is -0.489 e. The van der Waals surface area contributed by atoms with E-state index in [9.17, 15) is 0 Å². The number of likely N-dealkylation sites (N-methyl/N-ethyl adjacent to an activating group) is 1. The van der Waals surface area contributed by atoms with Crippen LogP contribution in [0.2, 0.25) is 0 Å². The first-order valence-corrected chi connectivity index (χ1v) is 9.17. The molecule has 5 nitrogen and oxygen atoms in total. The number of aliphatic imine (C=N–C) groups is 1. The largest absolute Gasteiger partial charge is 0.489 e. The number of ether oxygens (including phenoxy) is 1. The summed E-state index contributed by atoms with van der Waals surface area (Å²) in [5, 5.41) is 6.85. The van der Waals surface area contributed by atoms with Crippen LogP contribution in [0.3, 0.4) is 0 Å². The normalized spacial score (nSPS) is 19.2. The van der Waals surface area contributed by atoms with Crippen LogP contribution in [0.5, 0.6) is 5.75 Å². The molecule has 0 amide bonds. The molecule has 25 heavy (non-hydrogen) atoms. The van der Waals surface area contributed by atoms with Crippen LogP contribution in [0.4, 0.5) is 0 Å². The van der Waals surface area contributed by atoms with Crippen LogP contribution >= 0.6 is 24.0 Å². The second kappa shape index (κ2) is 12.4. The van der Waals surface area contributed by atoms with Crippen LogP contribution in [0.1, 0.15) is 33.1 Å². The lowest BCUT2D eigenvalue weighted by Gasteiger charge is -2.24. The van der Waals surface area contributed by atoms with Gasteiger partial charge < -0.3 is 15.4 Å². The second-order valence-corrected chi connectivity index (χ2v) is 6.22. The molecule has 1 aliphatic rings. The van der Waals surface area contributed by atoms with Crippen LogP contribution < -0.4 is 15.4 Å². The standard InChI is InChI=1S/C19H32N4O.HI/c1-4-17(24-18-11-7-6-8-12-18)15-22-19(20-3)21-14-16-10-9-13-23(16)5-2;/h6-8,11-12,16-17H,4-5,9-10,13-15H2,1-3H3,(H2,20,21,22);1H. The van der Waals surface area contributed by atoms with Crippen molar-refractivity contribution in [2.75, 3.05) is 33.2 Å². The van der Waals surface area contributed by atoms with Gasteiger partial charge in [0.2, 0.25) is 0 Å². The highest BCUT2D eigenvalue weighted by Gasteiger charge is 2.22. The highest BCUT2D eigenvalue weighted by Crippen LogP contribution is 2.15. The smallest absolute Gasteiger partial charge is 0.191 e. The van der Waals surface area contributed by atoms with Crippen molar-refractivity contribution in [3.8, 4) is 5.75 Å². The summed E-state index contributed by atoms with van der Waals surface area (Å²) in [6.07, 6.45) is 3.65. The average molecular weight is 460 g/mol. The first kappa shape index (κ1) is 22.0. The molecule has 1 aliphatic heterocycles. The molecule has 1 aromatic carbocycles. The SMILES string of the molecule is CCC(CNC(=NC)NCC1CCCN1CC)Oc1ccccc1.I. The Balaban J connectivity index is 0.00000312. The summed E-state index contributed by atoms with van der Waals surface area (Å²) in [4.78, 5) is 6.87. The highest BCUT2D eigenvalue weighted by atomic mass is 127. The lowest BCUT2D eigenvalue weighted by molar-refractivity contribution is 0.199. The lowest BCUT2D eigenvalue weighted by Crippen LogP contribution is -2.47. The maximum atomic E-state index is 6.02. The van der Waals surface area contributed by atoms with Crippen LogP contribution in [0.15, 0.2) is 35.3 Å². The van der Waals surface area contributed by atoms with Crippen molar-refractivity contribution in [1.82, 2.24) is 15.5 Å². The van der Waals surface area contributed by atoms with E-state index in [1.807, 2.05) is 37.4 Å². The van der Waals surface area contributed by atoms with Crippen molar-refractivity contribution in [1.29, 1.82) is 0 Å². The number of halogens is 1. The molecule has 1 fully saturated rings. The number of likely N-dealkylation sites (tertiary alicyclic amines) is 1. The minimum atomic E-state index is 0. The molecule has 0 radical (unpaired) electrons. The Hall–Kier alpha value is -1.02. The van der Waals surface area contributed by atoms with E-state index in [1.165, 1.54) is 19.4 Å². The maximum Gasteiger partial charge on any atom is 0.191 e. The zero-order valence-electron chi connectivity index (χ0n) is 15.7. The fourth-order valence-electron chi connectivity index (χ4n) is 3.15. The molecule has 2 unspecified atom stereocenters. The molecule has 0 saturated carbocycles. The highest BCUT2D eigenvalue weighted by molar-refractivity contribution is 14.0. The first-order valence-electron chi connectivity index (χ1n) is 9.17. The molecule has 2 rings (SSSR count). The Bertz CT molecular complexity index is 497. The number of benzene rings is 1. The number of nitrogens with one attached hydrogen (secondary N) is 2. The number of hydrogen-bond donors (Lipinski definition) is 2. The summed E-state index contributed by atoms with van der Waals surface area (Å²) in [5.41, 5.74) is 0. The first-order chi connectivity index (χ1) is 11.8. The minimum absolute atomic E-state index is 0. The fourth-order valence-corrected chi connectivity index (χ4v) is 3.15. The Kier molecular flexibility index (Phi) is 10.9. The lowest BCUT2D eigenvalue weighted by atomic mass is 10.2. The van der Waals surface area contributed by atoms with Crippen molar-refractivity contribution in [2.24, 2.45) is 4.99 Å². The quantitative estimate of drug-likeness (QED) is 0.356. The maximum absolute atomic E-state index is 6.02. The third-order valence-electron chi connectivity index (χ3n) is 4.63. The van der Waals surface area contributed by atoms with E-state index in [-0.39, 0.29) is 30.1 Å². The zero-order valence-corrected chi connectivity index (χ0v) is 18.0. The van der Waals surface area contributed by atoms with Gasteiger partial charge in [-0.3, -0.25) is 9.89 Å². The number of rotatable bonds is 8. The topological polar surface area (TPSA) is 48.9 Å². The summed E-state index contributed by atoms with van der Waals surface area (Å²) in [7, 11) is 1.82. The summed E-state index contributed by atoms with van der Waals surface area (Å²) in [5.74, 6) is 1.77. The van der Waals surface area contributed by atoms with Gasteiger partial charge >= 0.3 is 0 Å². The van der Waals surface area contributed by atoms with Crippen molar-refractivity contribution in [3.05, 3.63) is 30.3 Å². The van der Waals surface area contributed by atoms with Crippen LogP contribution in [-0.4, -0.2) is 56.2 Å². The van der Waals surface area contributed by atoms with E-state index < -0.39 is 0 Å². The van der Waals surface area contributed by atoms with E-state index in [0.29, 0.717) is 6.04 Å². The zero-order chi connectivity index (χ0) is 17.2. The summed E-state index contributed by atoms with van der Waals surface area (Å²) >= 11 is 0. The Morgan fingerprint density at radius 3 is 2.68 bits per heavy atom. The molecule has 0 aliphatic carbocycles. The van der Waals surface area contributed by atoms with Crippen molar-refractivity contribution < 1.29 is 4.74 Å². The molecule has 2 N–H and O–H groups in total. The van der Waals surface area contributed by atoms with E-state index in [2.05, 4.69) is 34.4 Å². The van der Waals surface area contributed by atoms with E-state index in [4.69, 9.17) is 4.74 Å². The molecule has 0 bridgehead atoms. The van der Waals surface area contributed by atoms with Gasteiger partial charge in [0, 0.05) is 19.6 Å². The molecule has 6 heteroatoms. The fraction of sp³-hybridized carbons (Fsp3) is 0.632. The summed E-state index contributed by atoms with van der Waals surface area (Å²) in [6.45, 7) is 8.41. The van der Waals surface area contributed by atoms with Crippen molar-refractivity contribution >= 4 is 29.9 Å². The van der Waals surface area contributed by atoms with E-state index >= 15 is 0 Å². The Morgan fingerprint density at radius 2 is 2.04 bits per heavy atom. The molecular formula is C19H33IN4O.